The fourth-order valence-electron chi connectivity index (χ4n) is 3.26. The monoisotopic (exact) mass is 315 g/mol. The molecule has 0 spiro atoms. The van der Waals surface area contributed by atoms with E-state index < -0.39 is 17.5 Å². The first-order chi connectivity index (χ1) is 11.0. The standard InChI is InChI=1S/C17H21N3O3/c1-17(15(22)19-16(23)20-17)12-8-5-9-13(10-12)18-14(21)11-6-3-2-4-7-11/h5,8-11H,2-4,6-7H2,1H3,(H,18,21)(H2,19,20,22,23). The van der Waals surface area contributed by atoms with Crippen LogP contribution in [-0.2, 0) is 15.1 Å². The second kappa shape index (κ2) is 6.02. The quantitative estimate of drug-likeness (QED) is 0.748. The first-order valence-corrected chi connectivity index (χ1v) is 8.04. The molecule has 3 rings (SSSR count). The van der Waals surface area contributed by atoms with Gasteiger partial charge in [-0.2, -0.15) is 0 Å². The van der Waals surface area contributed by atoms with E-state index in [1.54, 1.807) is 31.2 Å². The second-order valence-electron chi connectivity index (χ2n) is 6.44. The van der Waals surface area contributed by atoms with E-state index in [0.29, 0.717) is 11.3 Å². The summed E-state index contributed by atoms with van der Waals surface area (Å²) in [5.74, 6) is -0.289. The molecular weight excluding hydrogens is 294 g/mol. The summed E-state index contributed by atoms with van der Waals surface area (Å²) in [5, 5.41) is 7.80. The summed E-state index contributed by atoms with van der Waals surface area (Å²) >= 11 is 0. The molecule has 0 radical (unpaired) electrons. The lowest BCUT2D eigenvalue weighted by molar-refractivity contribution is -0.123. The third-order valence-corrected chi connectivity index (χ3v) is 4.73. The predicted molar refractivity (Wildman–Crippen MR) is 85.7 cm³/mol. The highest BCUT2D eigenvalue weighted by atomic mass is 16.2. The maximum absolute atomic E-state index is 12.3. The maximum Gasteiger partial charge on any atom is 0.322 e. The van der Waals surface area contributed by atoms with Gasteiger partial charge in [0.05, 0.1) is 0 Å². The van der Waals surface area contributed by atoms with E-state index in [1.807, 2.05) is 0 Å². The summed E-state index contributed by atoms with van der Waals surface area (Å²) in [6.07, 6.45) is 5.26. The van der Waals surface area contributed by atoms with Gasteiger partial charge < -0.3 is 10.6 Å². The van der Waals surface area contributed by atoms with Gasteiger partial charge in [-0.1, -0.05) is 31.4 Å². The van der Waals surface area contributed by atoms with Crippen LogP contribution in [0.15, 0.2) is 24.3 Å². The van der Waals surface area contributed by atoms with Gasteiger partial charge in [0.2, 0.25) is 5.91 Å². The number of imide groups is 1. The van der Waals surface area contributed by atoms with Crippen molar-refractivity contribution in [2.24, 2.45) is 5.92 Å². The second-order valence-corrected chi connectivity index (χ2v) is 6.44. The lowest BCUT2D eigenvalue weighted by Gasteiger charge is -2.23. The van der Waals surface area contributed by atoms with Crippen LogP contribution in [0.5, 0.6) is 0 Å². The van der Waals surface area contributed by atoms with E-state index >= 15 is 0 Å². The van der Waals surface area contributed by atoms with Crippen molar-refractivity contribution in [3.05, 3.63) is 29.8 Å². The van der Waals surface area contributed by atoms with Crippen molar-refractivity contribution in [2.45, 2.75) is 44.6 Å². The molecule has 1 unspecified atom stereocenters. The molecule has 6 heteroatoms. The van der Waals surface area contributed by atoms with Crippen LogP contribution in [0.1, 0.15) is 44.6 Å². The van der Waals surface area contributed by atoms with Crippen molar-refractivity contribution >= 4 is 23.5 Å². The number of anilines is 1. The summed E-state index contributed by atoms with van der Waals surface area (Å²) in [7, 11) is 0. The van der Waals surface area contributed by atoms with Crippen LogP contribution in [0, 0.1) is 5.92 Å². The molecule has 1 aliphatic heterocycles. The molecule has 1 aromatic carbocycles. The first-order valence-electron chi connectivity index (χ1n) is 8.04. The number of rotatable bonds is 3. The maximum atomic E-state index is 12.3. The van der Waals surface area contributed by atoms with Crippen LogP contribution in [-0.4, -0.2) is 17.8 Å². The fourth-order valence-corrected chi connectivity index (χ4v) is 3.26. The van der Waals surface area contributed by atoms with Crippen molar-refractivity contribution in [1.29, 1.82) is 0 Å². The minimum absolute atomic E-state index is 0.0342. The highest BCUT2D eigenvalue weighted by Gasteiger charge is 2.43. The number of benzene rings is 1. The Morgan fingerprint density at radius 3 is 2.61 bits per heavy atom. The van der Waals surface area contributed by atoms with Gasteiger partial charge in [0, 0.05) is 11.6 Å². The average molecular weight is 315 g/mol. The zero-order valence-corrected chi connectivity index (χ0v) is 13.1. The summed E-state index contributed by atoms with van der Waals surface area (Å²) in [5.41, 5.74) is 0.179. The van der Waals surface area contributed by atoms with Crippen LogP contribution in [0.25, 0.3) is 0 Å². The predicted octanol–water partition coefficient (Wildman–Crippen LogP) is 2.26. The molecule has 1 heterocycles. The zero-order chi connectivity index (χ0) is 16.4. The number of nitrogens with one attached hydrogen (secondary N) is 3. The molecule has 23 heavy (non-hydrogen) atoms. The molecule has 1 saturated heterocycles. The van der Waals surface area contributed by atoms with Crippen LogP contribution in [0.3, 0.4) is 0 Å². The van der Waals surface area contributed by atoms with Crippen LogP contribution >= 0.6 is 0 Å². The Morgan fingerprint density at radius 2 is 1.96 bits per heavy atom. The number of carbonyl (C=O) groups excluding carboxylic acids is 3. The summed E-state index contributed by atoms with van der Waals surface area (Å²) < 4.78 is 0. The minimum Gasteiger partial charge on any atom is -0.326 e. The number of hydrogen-bond acceptors (Lipinski definition) is 3. The molecule has 122 valence electrons. The SMILES string of the molecule is CC1(c2cccc(NC(=O)C3CCCCC3)c2)NC(=O)NC1=O. The fraction of sp³-hybridized carbons (Fsp3) is 0.471. The van der Waals surface area contributed by atoms with Crippen molar-refractivity contribution in [3.8, 4) is 0 Å². The Bertz CT molecular complexity index is 652. The van der Waals surface area contributed by atoms with Gasteiger partial charge in [0.1, 0.15) is 5.54 Å². The third kappa shape index (κ3) is 3.06. The molecular formula is C17H21N3O3. The van der Waals surface area contributed by atoms with E-state index in [0.717, 1.165) is 25.7 Å². The van der Waals surface area contributed by atoms with E-state index in [2.05, 4.69) is 16.0 Å². The topological polar surface area (TPSA) is 87.3 Å². The lowest BCUT2D eigenvalue weighted by atomic mass is 9.88. The van der Waals surface area contributed by atoms with Gasteiger partial charge in [0.25, 0.3) is 5.91 Å². The van der Waals surface area contributed by atoms with Crippen molar-refractivity contribution in [3.63, 3.8) is 0 Å². The number of amides is 4. The molecule has 1 atom stereocenters. The zero-order valence-electron chi connectivity index (χ0n) is 13.1. The smallest absolute Gasteiger partial charge is 0.322 e. The van der Waals surface area contributed by atoms with Crippen LogP contribution in [0.2, 0.25) is 0 Å². The molecule has 6 nitrogen and oxygen atoms in total. The van der Waals surface area contributed by atoms with E-state index in [9.17, 15) is 14.4 Å². The molecule has 1 aromatic rings. The third-order valence-electron chi connectivity index (χ3n) is 4.73. The van der Waals surface area contributed by atoms with Crippen molar-refractivity contribution in [1.82, 2.24) is 10.6 Å². The van der Waals surface area contributed by atoms with E-state index in [4.69, 9.17) is 0 Å². The largest absolute Gasteiger partial charge is 0.326 e. The Morgan fingerprint density at radius 1 is 1.22 bits per heavy atom. The molecule has 0 bridgehead atoms. The molecule has 2 aliphatic rings. The van der Waals surface area contributed by atoms with E-state index in [1.165, 1.54) is 6.42 Å². The Balaban J connectivity index is 1.76. The minimum atomic E-state index is -1.11. The molecule has 2 fully saturated rings. The van der Waals surface area contributed by atoms with Crippen molar-refractivity contribution in [2.75, 3.05) is 5.32 Å². The molecule has 3 N–H and O–H groups in total. The van der Waals surface area contributed by atoms with Gasteiger partial charge in [-0.05, 0) is 37.5 Å². The van der Waals surface area contributed by atoms with Gasteiger partial charge in [0.15, 0.2) is 0 Å². The molecule has 4 amide bonds. The van der Waals surface area contributed by atoms with Gasteiger partial charge in [-0.25, -0.2) is 4.79 Å². The van der Waals surface area contributed by atoms with Gasteiger partial charge >= 0.3 is 6.03 Å². The Hall–Kier alpha value is -2.37. The first kappa shape index (κ1) is 15.5. The number of urea groups is 1. The van der Waals surface area contributed by atoms with E-state index in [-0.39, 0.29) is 11.8 Å². The van der Waals surface area contributed by atoms with Crippen molar-refractivity contribution < 1.29 is 14.4 Å². The molecule has 0 aromatic heterocycles. The van der Waals surface area contributed by atoms with Gasteiger partial charge in [-0.3, -0.25) is 14.9 Å². The van der Waals surface area contributed by atoms with Crippen LogP contribution in [0.4, 0.5) is 10.5 Å². The average Bonchev–Trinajstić information content (AvgIpc) is 2.82. The Labute approximate surface area is 135 Å². The summed E-state index contributed by atoms with van der Waals surface area (Å²) in [4.78, 5) is 35.7. The number of hydrogen-bond donors (Lipinski definition) is 3. The molecule has 1 aliphatic carbocycles. The molecule has 1 saturated carbocycles. The van der Waals surface area contributed by atoms with Crippen LogP contribution < -0.4 is 16.0 Å². The Kier molecular flexibility index (Phi) is 4.07. The summed E-state index contributed by atoms with van der Waals surface area (Å²) in [6.45, 7) is 1.65. The number of carbonyl (C=O) groups is 3. The van der Waals surface area contributed by atoms with Gasteiger partial charge in [-0.15, -0.1) is 0 Å². The highest BCUT2D eigenvalue weighted by Crippen LogP contribution is 2.28. The summed E-state index contributed by atoms with van der Waals surface area (Å²) in [6, 6.07) is 6.57. The lowest BCUT2D eigenvalue weighted by Crippen LogP contribution is -2.40. The normalized spacial score (nSPS) is 24.9. The highest BCUT2D eigenvalue weighted by molar-refractivity contribution is 6.07.